The van der Waals surface area contributed by atoms with Crippen LogP contribution in [0.25, 0.3) is 10.8 Å². The van der Waals surface area contributed by atoms with Crippen LogP contribution in [0.1, 0.15) is 27.2 Å². The molecule has 0 saturated carbocycles. The molecule has 0 unspecified atom stereocenters. The average Bonchev–Trinajstić information content (AvgIpc) is 2.61. The first-order valence-corrected chi connectivity index (χ1v) is 8.06. The van der Waals surface area contributed by atoms with Crippen molar-refractivity contribution in [2.24, 2.45) is 0 Å². The van der Waals surface area contributed by atoms with Crippen molar-refractivity contribution in [3.05, 3.63) is 71.0 Å². The van der Waals surface area contributed by atoms with Gasteiger partial charge < -0.3 is 10.1 Å². The summed E-state index contributed by atoms with van der Waals surface area (Å²) in [6.07, 6.45) is 2.76. The lowest BCUT2D eigenvalue weighted by Gasteiger charge is -2.17. The number of aromatic nitrogens is 1. The third kappa shape index (κ3) is 2.88. The van der Waals surface area contributed by atoms with Gasteiger partial charge in [-0.15, -0.1) is 0 Å². The van der Waals surface area contributed by atoms with Crippen LogP contribution in [0.15, 0.2) is 48.7 Å². The van der Waals surface area contributed by atoms with E-state index in [1.807, 2.05) is 49.5 Å². The fourth-order valence-corrected chi connectivity index (χ4v) is 3.04. The Morgan fingerprint density at radius 1 is 1.08 bits per heavy atom. The molecule has 0 atom stereocenters. The number of rotatable bonds is 2. The summed E-state index contributed by atoms with van der Waals surface area (Å²) in [4.78, 5) is 16.8. The number of hydrogen-bond acceptors (Lipinski definition) is 3. The van der Waals surface area contributed by atoms with Gasteiger partial charge in [0.1, 0.15) is 0 Å². The maximum absolute atomic E-state index is 12.6. The van der Waals surface area contributed by atoms with Gasteiger partial charge in [-0.1, -0.05) is 12.1 Å². The molecule has 1 aliphatic heterocycles. The van der Waals surface area contributed by atoms with E-state index in [9.17, 15) is 4.79 Å². The van der Waals surface area contributed by atoms with Gasteiger partial charge in [-0.05, 0) is 60.2 Å². The van der Waals surface area contributed by atoms with Crippen LogP contribution in [0, 0.1) is 6.92 Å². The Morgan fingerprint density at radius 2 is 2.00 bits per heavy atom. The Labute approximate surface area is 140 Å². The number of anilines is 1. The summed E-state index contributed by atoms with van der Waals surface area (Å²) < 4.78 is 5.48. The van der Waals surface area contributed by atoms with Crippen molar-refractivity contribution in [3.63, 3.8) is 0 Å². The Bertz CT molecular complexity index is 934. The molecule has 3 aromatic rings. The van der Waals surface area contributed by atoms with E-state index >= 15 is 0 Å². The molecule has 0 aliphatic carbocycles. The van der Waals surface area contributed by atoms with E-state index < -0.39 is 0 Å². The van der Waals surface area contributed by atoms with Gasteiger partial charge in [-0.3, -0.25) is 9.78 Å². The highest BCUT2D eigenvalue weighted by molar-refractivity contribution is 6.06. The zero-order valence-corrected chi connectivity index (χ0v) is 13.5. The first kappa shape index (κ1) is 14.8. The predicted molar refractivity (Wildman–Crippen MR) is 94.2 cm³/mol. The smallest absolute Gasteiger partial charge is 0.255 e. The lowest BCUT2D eigenvalue weighted by Crippen LogP contribution is -2.14. The quantitative estimate of drug-likeness (QED) is 0.780. The van der Waals surface area contributed by atoms with Crippen LogP contribution in [0.3, 0.4) is 0 Å². The molecule has 0 radical (unpaired) electrons. The van der Waals surface area contributed by atoms with Crippen molar-refractivity contribution >= 4 is 22.4 Å². The molecule has 2 aromatic carbocycles. The molecule has 0 bridgehead atoms. The second-order valence-corrected chi connectivity index (χ2v) is 6.13. The van der Waals surface area contributed by atoms with Crippen LogP contribution in [-0.4, -0.2) is 17.5 Å². The van der Waals surface area contributed by atoms with E-state index in [2.05, 4.69) is 16.4 Å². The van der Waals surface area contributed by atoms with E-state index in [4.69, 9.17) is 4.74 Å². The van der Waals surface area contributed by atoms with Crippen LogP contribution < -0.4 is 5.32 Å². The minimum absolute atomic E-state index is 0.108. The zero-order chi connectivity index (χ0) is 16.5. The number of hydrogen-bond donors (Lipinski definition) is 1. The van der Waals surface area contributed by atoms with E-state index in [1.54, 1.807) is 0 Å². The topological polar surface area (TPSA) is 51.2 Å². The van der Waals surface area contributed by atoms with Crippen LogP contribution >= 0.6 is 0 Å². The molecule has 1 aliphatic rings. The fraction of sp³-hybridized carbons (Fsp3) is 0.200. The monoisotopic (exact) mass is 318 g/mol. The molecule has 1 N–H and O–H groups in total. The largest absolute Gasteiger partial charge is 0.376 e. The van der Waals surface area contributed by atoms with Gasteiger partial charge in [-0.2, -0.15) is 0 Å². The van der Waals surface area contributed by atoms with Crippen LogP contribution in [0.4, 0.5) is 5.69 Å². The number of fused-ring (bicyclic) bond motifs is 2. The predicted octanol–water partition coefficient (Wildman–Crippen LogP) is 3.87. The van der Waals surface area contributed by atoms with Crippen LogP contribution in [0.2, 0.25) is 0 Å². The highest BCUT2D eigenvalue weighted by Gasteiger charge is 2.12. The van der Waals surface area contributed by atoms with E-state index in [-0.39, 0.29) is 5.91 Å². The molecular weight excluding hydrogens is 300 g/mol. The Hall–Kier alpha value is -2.72. The van der Waals surface area contributed by atoms with Gasteiger partial charge in [0, 0.05) is 28.5 Å². The second kappa shape index (κ2) is 6.06. The van der Waals surface area contributed by atoms with Crippen LogP contribution in [-0.2, 0) is 17.8 Å². The lowest BCUT2D eigenvalue weighted by molar-refractivity contribution is 0.102. The van der Waals surface area contributed by atoms with Gasteiger partial charge in [0.2, 0.25) is 0 Å². The lowest BCUT2D eigenvalue weighted by atomic mass is 10.0. The first-order valence-electron chi connectivity index (χ1n) is 8.06. The van der Waals surface area contributed by atoms with E-state index in [0.29, 0.717) is 12.2 Å². The standard InChI is InChI=1S/C20H18N2O2/c1-13-8-17-9-15(2-3-16(17)11-21-13)20(23)22-19-5-4-14-6-7-24-12-18(14)10-19/h2-5,8-11H,6-7,12H2,1H3,(H,22,23). The SMILES string of the molecule is Cc1cc2cc(C(=O)Nc3ccc4c(c3)COCC4)ccc2cn1. The Balaban J connectivity index is 1.59. The molecule has 1 amide bonds. The Kier molecular flexibility index (Phi) is 3.75. The summed E-state index contributed by atoms with van der Waals surface area (Å²) in [5.41, 5.74) is 4.83. The molecular formula is C20H18N2O2. The number of aryl methyl sites for hydroxylation is 1. The Morgan fingerprint density at radius 3 is 2.92 bits per heavy atom. The van der Waals surface area contributed by atoms with Crippen molar-refractivity contribution in [2.75, 3.05) is 11.9 Å². The number of carbonyl (C=O) groups is 1. The molecule has 1 aromatic heterocycles. The summed E-state index contributed by atoms with van der Waals surface area (Å²) in [5, 5.41) is 5.03. The van der Waals surface area contributed by atoms with Crippen molar-refractivity contribution in [2.45, 2.75) is 20.0 Å². The first-order chi connectivity index (χ1) is 11.7. The van der Waals surface area contributed by atoms with E-state index in [0.717, 1.165) is 40.7 Å². The molecule has 0 saturated heterocycles. The van der Waals surface area contributed by atoms with Crippen molar-refractivity contribution < 1.29 is 9.53 Å². The number of amides is 1. The molecule has 0 spiro atoms. The number of ether oxygens (including phenoxy) is 1. The van der Waals surface area contributed by atoms with Crippen molar-refractivity contribution in [1.82, 2.24) is 4.98 Å². The molecule has 2 heterocycles. The minimum Gasteiger partial charge on any atom is -0.376 e. The number of nitrogens with one attached hydrogen (secondary N) is 1. The van der Waals surface area contributed by atoms with Crippen molar-refractivity contribution in [1.29, 1.82) is 0 Å². The summed E-state index contributed by atoms with van der Waals surface area (Å²) in [6.45, 7) is 3.33. The van der Waals surface area contributed by atoms with Gasteiger partial charge in [0.15, 0.2) is 0 Å². The second-order valence-electron chi connectivity index (χ2n) is 6.13. The van der Waals surface area contributed by atoms with Gasteiger partial charge in [0.25, 0.3) is 5.91 Å². The van der Waals surface area contributed by atoms with E-state index in [1.165, 1.54) is 5.56 Å². The van der Waals surface area contributed by atoms with Crippen molar-refractivity contribution in [3.8, 4) is 0 Å². The minimum atomic E-state index is -0.108. The van der Waals surface area contributed by atoms with Gasteiger partial charge in [-0.25, -0.2) is 0 Å². The molecule has 0 fully saturated rings. The number of carbonyl (C=O) groups excluding carboxylic acids is 1. The number of pyridine rings is 1. The average molecular weight is 318 g/mol. The maximum Gasteiger partial charge on any atom is 0.255 e. The van der Waals surface area contributed by atoms with Gasteiger partial charge in [0.05, 0.1) is 13.2 Å². The molecule has 120 valence electrons. The maximum atomic E-state index is 12.6. The normalized spacial score (nSPS) is 13.5. The van der Waals surface area contributed by atoms with Crippen LogP contribution in [0.5, 0.6) is 0 Å². The molecule has 24 heavy (non-hydrogen) atoms. The highest BCUT2D eigenvalue weighted by atomic mass is 16.5. The zero-order valence-electron chi connectivity index (χ0n) is 13.5. The molecule has 4 rings (SSSR count). The summed E-state index contributed by atoms with van der Waals surface area (Å²) >= 11 is 0. The summed E-state index contributed by atoms with van der Waals surface area (Å²) in [7, 11) is 0. The summed E-state index contributed by atoms with van der Waals surface area (Å²) in [6, 6.07) is 13.7. The number of benzene rings is 2. The van der Waals surface area contributed by atoms with Gasteiger partial charge >= 0.3 is 0 Å². The third-order valence-electron chi connectivity index (χ3n) is 4.36. The molecule has 4 nitrogen and oxygen atoms in total. The third-order valence-corrected chi connectivity index (χ3v) is 4.36. The number of nitrogens with zero attached hydrogens (tertiary/aromatic N) is 1. The summed E-state index contributed by atoms with van der Waals surface area (Å²) in [5.74, 6) is -0.108. The fourth-order valence-electron chi connectivity index (χ4n) is 3.04. The molecule has 4 heteroatoms. The highest BCUT2D eigenvalue weighted by Crippen LogP contribution is 2.22.